The second-order valence-electron chi connectivity index (χ2n) is 7.38. The van der Waals surface area contributed by atoms with Gasteiger partial charge in [-0.15, -0.1) is 11.3 Å². The van der Waals surface area contributed by atoms with Gasteiger partial charge in [0.1, 0.15) is 12.3 Å². The van der Waals surface area contributed by atoms with Gasteiger partial charge in [-0.05, 0) is 44.4 Å². The molecule has 0 aliphatic heterocycles. The van der Waals surface area contributed by atoms with Crippen molar-refractivity contribution in [3.63, 3.8) is 0 Å². The van der Waals surface area contributed by atoms with Crippen LogP contribution in [0.25, 0.3) is 0 Å². The Balaban J connectivity index is 1.76. The van der Waals surface area contributed by atoms with Crippen LogP contribution in [0.3, 0.4) is 0 Å². The first-order valence-corrected chi connectivity index (χ1v) is 11.5. The van der Waals surface area contributed by atoms with Crippen LogP contribution in [-0.4, -0.2) is 34.4 Å². The van der Waals surface area contributed by atoms with E-state index in [4.69, 9.17) is 9.47 Å². The SMILES string of the molecule is CCOC(=O)c1c(C)[nH]c(C(=O)OCc2csc(N(C(C)=O)c3ccccc3CC)n2)c1C. The molecule has 0 fully saturated rings. The molecule has 1 N–H and O–H groups in total. The van der Waals surface area contributed by atoms with E-state index in [9.17, 15) is 14.4 Å². The van der Waals surface area contributed by atoms with Gasteiger partial charge < -0.3 is 14.5 Å². The molecule has 0 bridgehead atoms. The summed E-state index contributed by atoms with van der Waals surface area (Å²) in [7, 11) is 0. The van der Waals surface area contributed by atoms with E-state index in [0.717, 1.165) is 17.7 Å². The lowest BCUT2D eigenvalue weighted by molar-refractivity contribution is -0.115. The number of ether oxygens (including phenoxy) is 2. The Morgan fingerprint density at radius 1 is 1.09 bits per heavy atom. The summed E-state index contributed by atoms with van der Waals surface area (Å²) in [4.78, 5) is 46.2. The number of rotatable bonds is 8. The summed E-state index contributed by atoms with van der Waals surface area (Å²) in [6.45, 7) is 8.79. The molecule has 0 radical (unpaired) electrons. The van der Waals surface area contributed by atoms with Gasteiger partial charge >= 0.3 is 11.9 Å². The fourth-order valence-electron chi connectivity index (χ4n) is 3.58. The minimum Gasteiger partial charge on any atom is -0.462 e. The van der Waals surface area contributed by atoms with Crippen LogP contribution in [0.2, 0.25) is 0 Å². The average Bonchev–Trinajstić information content (AvgIpc) is 3.36. The lowest BCUT2D eigenvalue weighted by Crippen LogP contribution is -2.23. The number of aromatic nitrogens is 2. The van der Waals surface area contributed by atoms with Crippen molar-refractivity contribution in [3.8, 4) is 0 Å². The molecule has 1 aromatic carbocycles. The average molecular weight is 470 g/mol. The largest absolute Gasteiger partial charge is 0.462 e. The Labute approximate surface area is 196 Å². The van der Waals surface area contributed by atoms with Crippen LogP contribution < -0.4 is 4.90 Å². The van der Waals surface area contributed by atoms with E-state index in [2.05, 4.69) is 9.97 Å². The summed E-state index contributed by atoms with van der Waals surface area (Å²) >= 11 is 1.30. The first-order valence-electron chi connectivity index (χ1n) is 10.6. The second kappa shape index (κ2) is 10.4. The molecule has 0 aliphatic carbocycles. The molecule has 2 aromatic heterocycles. The number of hydrogen-bond acceptors (Lipinski definition) is 7. The number of carbonyl (C=O) groups excluding carboxylic acids is 3. The van der Waals surface area contributed by atoms with E-state index < -0.39 is 11.9 Å². The van der Waals surface area contributed by atoms with Gasteiger partial charge in [-0.25, -0.2) is 14.6 Å². The van der Waals surface area contributed by atoms with E-state index in [1.165, 1.54) is 18.3 Å². The van der Waals surface area contributed by atoms with Gasteiger partial charge in [-0.2, -0.15) is 0 Å². The summed E-state index contributed by atoms with van der Waals surface area (Å²) in [5.74, 6) is -1.23. The van der Waals surface area contributed by atoms with Gasteiger partial charge in [0.25, 0.3) is 0 Å². The number of carbonyl (C=O) groups is 3. The van der Waals surface area contributed by atoms with Crippen LogP contribution in [0.1, 0.15) is 64.1 Å². The number of aryl methyl sites for hydroxylation is 2. The van der Waals surface area contributed by atoms with E-state index >= 15 is 0 Å². The highest BCUT2D eigenvalue weighted by molar-refractivity contribution is 7.14. The van der Waals surface area contributed by atoms with Crippen LogP contribution in [0.15, 0.2) is 29.6 Å². The molecule has 3 rings (SSSR count). The third-order valence-electron chi connectivity index (χ3n) is 5.13. The summed E-state index contributed by atoms with van der Waals surface area (Å²) in [5.41, 5.74) is 3.91. The summed E-state index contributed by atoms with van der Waals surface area (Å²) in [6, 6.07) is 7.68. The molecule has 0 spiro atoms. The topological polar surface area (TPSA) is 102 Å². The van der Waals surface area contributed by atoms with Gasteiger partial charge in [-0.1, -0.05) is 25.1 Å². The predicted molar refractivity (Wildman–Crippen MR) is 126 cm³/mol. The maximum atomic E-state index is 12.6. The van der Waals surface area contributed by atoms with Crippen LogP contribution in [0.5, 0.6) is 0 Å². The zero-order valence-electron chi connectivity index (χ0n) is 19.4. The quantitative estimate of drug-likeness (QED) is 0.472. The maximum Gasteiger partial charge on any atom is 0.355 e. The number of hydrogen-bond donors (Lipinski definition) is 1. The maximum absolute atomic E-state index is 12.6. The standard InChI is InChI=1S/C24H27N3O5S/c1-6-17-10-8-9-11-19(17)27(16(5)28)24-26-18(13-33-24)12-32-23(30)21-14(3)20(15(4)25-21)22(29)31-7-2/h8-11,13,25H,6-7,12H2,1-5H3. The monoisotopic (exact) mass is 469 g/mol. The molecule has 33 heavy (non-hydrogen) atoms. The number of anilines is 2. The second-order valence-corrected chi connectivity index (χ2v) is 8.22. The van der Waals surface area contributed by atoms with Crippen LogP contribution >= 0.6 is 11.3 Å². The number of benzene rings is 1. The van der Waals surface area contributed by atoms with Crippen molar-refractivity contribution in [2.75, 3.05) is 11.5 Å². The van der Waals surface area contributed by atoms with Crippen molar-refractivity contribution in [1.29, 1.82) is 0 Å². The molecule has 8 nitrogen and oxygen atoms in total. The normalized spacial score (nSPS) is 10.7. The fraction of sp³-hybridized carbons (Fsp3) is 0.333. The van der Waals surface area contributed by atoms with Crippen LogP contribution in [-0.2, 0) is 27.3 Å². The van der Waals surface area contributed by atoms with Gasteiger partial charge in [0, 0.05) is 18.0 Å². The van der Waals surface area contributed by atoms with Crippen molar-refractivity contribution in [1.82, 2.24) is 9.97 Å². The minimum absolute atomic E-state index is 0.0667. The molecule has 9 heteroatoms. The van der Waals surface area contributed by atoms with Crippen molar-refractivity contribution >= 4 is 40.0 Å². The third kappa shape index (κ3) is 5.14. The number of thiazole rings is 1. The molecule has 174 valence electrons. The molecule has 3 aromatic rings. The fourth-order valence-corrected chi connectivity index (χ4v) is 4.44. The van der Waals surface area contributed by atoms with Gasteiger partial charge in [0.2, 0.25) is 5.91 Å². The number of nitrogens with one attached hydrogen (secondary N) is 1. The summed E-state index contributed by atoms with van der Waals surface area (Å²) in [5, 5.41) is 2.26. The zero-order valence-corrected chi connectivity index (χ0v) is 20.2. The van der Waals surface area contributed by atoms with Crippen LogP contribution in [0.4, 0.5) is 10.8 Å². The molecule has 0 saturated heterocycles. The molecule has 0 saturated carbocycles. The number of H-pyrrole nitrogens is 1. The highest BCUT2D eigenvalue weighted by atomic mass is 32.1. The zero-order chi connectivity index (χ0) is 24.1. The van der Waals surface area contributed by atoms with Crippen molar-refractivity contribution in [2.45, 2.75) is 47.6 Å². The number of amides is 1. The van der Waals surface area contributed by atoms with E-state index in [0.29, 0.717) is 27.6 Å². The Bertz CT molecular complexity index is 1180. The van der Waals surface area contributed by atoms with Crippen LogP contribution in [0, 0.1) is 13.8 Å². The highest BCUT2D eigenvalue weighted by Gasteiger charge is 2.24. The Morgan fingerprint density at radius 2 is 1.82 bits per heavy atom. The summed E-state index contributed by atoms with van der Waals surface area (Å²) in [6.07, 6.45) is 0.776. The van der Waals surface area contributed by atoms with E-state index in [1.54, 1.807) is 31.1 Å². The number of esters is 2. The van der Waals surface area contributed by atoms with Gasteiger partial charge in [0.15, 0.2) is 5.13 Å². The number of aromatic amines is 1. The molecule has 0 atom stereocenters. The Morgan fingerprint density at radius 3 is 2.48 bits per heavy atom. The smallest absolute Gasteiger partial charge is 0.355 e. The first-order chi connectivity index (χ1) is 15.8. The third-order valence-corrected chi connectivity index (χ3v) is 6.01. The Kier molecular flexibility index (Phi) is 7.65. The molecule has 2 heterocycles. The highest BCUT2D eigenvalue weighted by Crippen LogP contribution is 2.32. The van der Waals surface area contributed by atoms with Crippen molar-refractivity contribution in [2.24, 2.45) is 0 Å². The Hall–Kier alpha value is -3.46. The van der Waals surface area contributed by atoms with Crippen molar-refractivity contribution in [3.05, 3.63) is 63.4 Å². The lowest BCUT2D eigenvalue weighted by Gasteiger charge is -2.20. The van der Waals surface area contributed by atoms with E-state index in [-0.39, 0.29) is 24.8 Å². The summed E-state index contributed by atoms with van der Waals surface area (Å²) < 4.78 is 10.5. The lowest BCUT2D eigenvalue weighted by atomic mass is 10.1. The number of para-hydroxylation sites is 1. The molecular formula is C24H27N3O5S. The van der Waals surface area contributed by atoms with Gasteiger partial charge in [-0.3, -0.25) is 9.69 Å². The number of nitrogens with zero attached hydrogens (tertiary/aromatic N) is 2. The minimum atomic E-state index is -0.597. The first kappa shape index (κ1) is 24.2. The molecule has 1 amide bonds. The molecule has 0 aliphatic rings. The van der Waals surface area contributed by atoms with E-state index in [1.807, 2.05) is 31.2 Å². The molecular weight excluding hydrogens is 442 g/mol. The van der Waals surface area contributed by atoms with Gasteiger partial charge in [0.05, 0.1) is 23.6 Å². The predicted octanol–water partition coefficient (Wildman–Crippen LogP) is 4.87. The van der Waals surface area contributed by atoms with Crippen molar-refractivity contribution < 1.29 is 23.9 Å². The molecule has 0 unspecified atom stereocenters.